The maximum Gasteiger partial charge on any atom is 0.486 e. The normalized spacial score (nSPS) is 22.1. The Morgan fingerprint density at radius 3 is 2.29 bits per heavy atom. The summed E-state index contributed by atoms with van der Waals surface area (Å²) in [6, 6.07) is 0.0350. The topological polar surface area (TPSA) is 59.0 Å². The summed E-state index contributed by atoms with van der Waals surface area (Å²) in [6.07, 6.45) is 3.04. The van der Waals surface area contributed by atoms with Gasteiger partial charge in [0.05, 0.1) is 17.6 Å². The van der Waals surface area contributed by atoms with Gasteiger partial charge in [-0.25, -0.2) is 0 Å². The minimum Gasteiger partial charge on any atom is -0.481 e. The molecule has 1 N–H and O–H groups in total. The molecular weight excluding hydrogens is 269 g/mol. The van der Waals surface area contributed by atoms with Gasteiger partial charge in [-0.1, -0.05) is 12.1 Å². The summed E-state index contributed by atoms with van der Waals surface area (Å²) < 4.78 is 11.7. The molecule has 6 heteroatoms. The lowest BCUT2D eigenvalue weighted by Crippen LogP contribution is -2.41. The van der Waals surface area contributed by atoms with Crippen molar-refractivity contribution in [3.8, 4) is 0 Å². The van der Waals surface area contributed by atoms with E-state index in [1.165, 1.54) is 0 Å². The summed E-state index contributed by atoms with van der Waals surface area (Å²) in [7, 11) is 1.63. The highest BCUT2D eigenvalue weighted by molar-refractivity contribution is 6.51. The van der Waals surface area contributed by atoms with E-state index >= 15 is 0 Å². The van der Waals surface area contributed by atoms with E-state index in [0.717, 1.165) is 13.0 Å². The number of rotatable bonds is 7. The largest absolute Gasteiger partial charge is 0.486 e. The van der Waals surface area contributed by atoms with E-state index in [4.69, 9.17) is 14.4 Å². The summed E-state index contributed by atoms with van der Waals surface area (Å²) in [5.41, 5.74) is -0.621. The second kappa shape index (κ2) is 6.94. The molecule has 1 aliphatic heterocycles. The predicted octanol–water partition coefficient (Wildman–Crippen LogP) is 2.36. The first kappa shape index (κ1) is 18.2. The summed E-state index contributed by atoms with van der Waals surface area (Å²) in [6.45, 7) is 10.9. The van der Waals surface area contributed by atoms with E-state index in [2.05, 4.69) is 0 Å². The van der Waals surface area contributed by atoms with Crippen molar-refractivity contribution in [1.29, 1.82) is 0 Å². The summed E-state index contributed by atoms with van der Waals surface area (Å²) in [4.78, 5) is 12.7. The smallest absolute Gasteiger partial charge is 0.481 e. The first-order valence-corrected chi connectivity index (χ1v) is 7.49. The maximum absolute atomic E-state index is 10.7. The zero-order chi connectivity index (χ0) is 16.3. The Kier molecular flexibility index (Phi) is 6.02. The molecule has 21 heavy (non-hydrogen) atoms. The van der Waals surface area contributed by atoms with Gasteiger partial charge in [-0.2, -0.15) is 0 Å². The summed E-state index contributed by atoms with van der Waals surface area (Å²) >= 11 is 0. The zero-order valence-corrected chi connectivity index (χ0v) is 14.0. The second-order valence-corrected chi connectivity index (χ2v) is 6.77. The quantitative estimate of drug-likeness (QED) is 0.731. The van der Waals surface area contributed by atoms with Gasteiger partial charge in [0.15, 0.2) is 0 Å². The Hall–Kier alpha value is -0.845. The first-order chi connectivity index (χ1) is 9.55. The molecule has 0 radical (unpaired) electrons. The standard InChI is InChI=1S/C15H28BNO4/c1-12(11-13(18)19)17(6)10-8-7-9-16-20-14(2,3)15(4,5)21-16/h7,9,12H,8,10-11H2,1-6H3,(H,18,19)/b9-7+/t12-/m1/s1. The first-order valence-electron chi connectivity index (χ1n) is 7.49. The summed E-state index contributed by atoms with van der Waals surface area (Å²) in [5, 5.41) is 8.77. The average Bonchev–Trinajstić information content (AvgIpc) is 2.52. The molecule has 1 heterocycles. The SMILES string of the molecule is C[C@H](CC(=O)O)N(C)CC/C=C/B1OC(C)(C)C(C)(C)O1. The van der Waals surface area contributed by atoms with Crippen molar-refractivity contribution in [2.24, 2.45) is 0 Å². The molecule has 0 aromatic heterocycles. The van der Waals surface area contributed by atoms with Gasteiger partial charge < -0.3 is 19.3 Å². The number of hydrogen-bond donors (Lipinski definition) is 1. The molecule has 120 valence electrons. The number of carbonyl (C=O) groups is 1. The molecule has 1 atom stereocenters. The van der Waals surface area contributed by atoms with Crippen LogP contribution in [0.3, 0.4) is 0 Å². The Labute approximate surface area is 128 Å². The fourth-order valence-electron chi connectivity index (χ4n) is 2.08. The van der Waals surface area contributed by atoms with Gasteiger partial charge >= 0.3 is 13.1 Å². The van der Waals surface area contributed by atoms with Gasteiger partial charge in [0.25, 0.3) is 0 Å². The van der Waals surface area contributed by atoms with Crippen LogP contribution >= 0.6 is 0 Å². The molecule has 1 aliphatic rings. The van der Waals surface area contributed by atoms with Crippen LogP contribution in [0.4, 0.5) is 0 Å². The van der Waals surface area contributed by atoms with Crippen molar-refractivity contribution in [2.45, 2.75) is 64.7 Å². The highest BCUT2D eigenvalue weighted by Crippen LogP contribution is 2.36. The molecule has 0 unspecified atom stereocenters. The van der Waals surface area contributed by atoms with Gasteiger partial charge in [-0.05, 0) is 48.1 Å². The number of nitrogens with zero attached hydrogens (tertiary/aromatic N) is 1. The minimum absolute atomic E-state index is 0.0350. The lowest BCUT2D eigenvalue weighted by molar-refractivity contribution is -0.138. The van der Waals surface area contributed by atoms with Crippen molar-refractivity contribution in [1.82, 2.24) is 4.90 Å². The average molecular weight is 297 g/mol. The van der Waals surface area contributed by atoms with Crippen LogP contribution in [0.1, 0.15) is 47.5 Å². The Morgan fingerprint density at radius 1 is 1.29 bits per heavy atom. The Balaban J connectivity index is 2.35. The Bertz CT molecular complexity index is 379. The van der Waals surface area contributed by atoms with Gasteiger partial charge in [-0.3, -0.25) is 4.79 Å². The van der Waals surface area contributed by atoms with Crippen LogP contribution < -0.4 is 0 Å². The molecule has 0 aromatic rings. The van der Waals surface area contributed by atoms with Crippen LogP contribution in [-0.2, 0) is 14.1 Å². The summed E-state index contributed by atoms with van der Waals surface area (Å²) in [5.74, 6) is 1.17. The third-order valence-electron chi connectivity index (χ3n) is 4.44. The molecule has 0 bridgehead atoms. The molecule has 0 aromatic carbocycles. The van der Waals surface area contributed by atoms with E-state index in [1.54, 1.807) is 0 Å². The molecular formula is C15H28BNO4. The van der Waals surface area contributed by atoms with E-state index in [9.17, 15) is 4.79 Å². The maximum atomic E-state index is 10.7. The molecule has 0 saturated carbocycles. The van der Waals surface area contributed by atoms with Crippen molar-refractivity contribution in [3.05, 3.63) is 12.1 Å². The third-order valence-corrected chi connectivity index (χ3v) is 4.44. The number of aliphatic carboxylic acids is 1. The van der Waals surface area contributed by atoms with Crippen molar-refractivity contribution in [2.75, 3.05) is 13.6 Å². The van der Waals surface area contributed by atoms with Crippen LogP contribution in [0.2, 0.25) is 0 Å². The number of carboxylic acid groups (broad SMARTS) is 1. The Morgan fingerprint density at radius 2 is 1.81 bits per heavy atom. The molecule has 5 nitrogen and oxygen atoms in total. The predicted molar refractivity (Wildman–Crippen MR) is 84.2 cm³/mol. The number of hydrogen-bond acceptors (Lipinski definition) is 4. The van der Waals surface area contributed by atoms with Gasteiger partial charge in [0, 0.05) is 12.6 Å². The van der Waals surface area contributed by atoms with Crippen LogP contribution in [0.5, 0.6) is 0 Å². The van der Waals surface area contributed by atoms with Gasteiger partial charge in [0.2, 0.25) is 0 Å². The van der Waals surface area contributed by atoms with Crippen LogP contribution in [0, 0.1) is 0 Å². The molecule has 1 saturated heterocycles. The van der Waals surface area contributed by atoms with Gasteiger partial charge in [-0.15, -0.1) is 0 Å². The monoisotopic (exact) mass is 297 g/mol. The van der Waals surface area contributed by atoms with E-state index < -0.39 is 5.97 Å². The third kappa shape index (κ3) is 5.13. The highest BCUT2D eigenvalue weighted by atomic mass is 16.7. The van der Waals surface area contributed by atoms with Crippen molar-refractivity contribution in [3.63, 3.8) is 0 Å². The molecule has 0 spiro atoms. The van der Waals surface area contributed by atoms with Crippen LogP contribution in [0.25, 0.3) is 0 Å². The lowest BCUT2D eigenvalue weighted by atomic mass is 9.90. The van der Waals surface area contributed by atoms with E-state index in [-0.39, 0.29) is 30.8 Å². The molecule has 0 aliphatic carbocycles. The second-order valence-electron chi connectivity index (χ2n) is 6.77. The van der Waals surface area contributed by atoms with Crippen molar-refractivity contribution >= 4 is 13.1 Å². The highest BCUT2D eigenvalue weighted by Gasteiger charge is 2.49. The lowest BCUT2D eigenvalue weighted by Gasteiger charge is -2.32. The fourth-order valence-corrected chi connectivity index (χ4v) is 2.08. The molecule has 0 amide bonds. The fraction of sp³-hybridized carbons (Fsp3) is 0.800. The number of carboxylic acids is 1. The van der Waals surface area contributed by atoms with E-state index in [1.807, 2.05) is 58.6 Å². The molecule has 1 fully saturated rings. The minimum atomic E-state index is -0.762. The van der Waals surface area contributed by atoms with Crippen LogP contribution in [-0.4, -0.2) is 53.9 Å². The van der Waals surface area contributed by atoms with E-state index in [0.29, 0.717) is 0 Å². The van der Waals surface area contributed by atoms with Crippen LogP contribution in [0.15, 0.2) is 12.1 Å². The van der Waals surface area contributed by atoms with Gasteiger partial charge in [0.1, 0.15) is 0 Å². The zero-order valence-electron chi connectivity index (χ0n) is 14.0. The van der Waals surface area contributed by atoms with Crippen molar-refractivity contribution < 1.29 is 19.2 Å². The molecule has 1 rings (SSSR count).